The molecule has 0 fully saturated rings. The standard InChI is InChI=1S/C6H6.C4H5ClO.C2H5.K/c1-2-4-6-5-3-1;1-2-3-4(5)6;1-2;/h1-6H;2-3H,1H3;1H2,2H3;/q;;-1;+1. The van der Waals surface area contributed by atoms with E-state index in [4.69, 9.17) is 11.6 Å². The number of rotatable bonds is 1. The summed E-state index contributed by atoms with van der Waals surface area (Å²) in [4.78, 5) is 9.72. The minimum atomic E-state index is -0.419. The van der Waals surface area contributed by atoms with Gasteiger partial charge in [0.05, 0.1) is 0 Å². The molecule has 0 aliphatic carbocycles. The molecule has 0 saturated carbocycles. The molecule has 1 aromatic rings. The van der Waals surface area contributed by atoms with Gasteiger partial charge in [0, 0.05) is 0 Å². The minimum absolute atomic E-state index is 0. The van der Waals surface area contributed by atoms with E-state index < -0.39 is 5.24 Å². The molecule has 0 bridgehead atoms. The molecule has 0 unspecified atom stereocenters. The molecule has 0 N–H and O–H groups in total. The zero-order chi connectivity index (χ0) is 11.2. The summed E-state index contributed by atoms with van der Waals surface area (Å²) in [5.41, 5.74) is 0. The fourth-order valence-corrected chi connectivity index (χ4v) is 0.642. The molecule has 1 rings (SSSR count). The van der Waals surface area contributed by atoms with E-state index in [-0.39, 0.29) is 51.4 Å². The van der Waals surface area contributed by atoms with Crippen LogP contribution in [-0.4, -0.2) is 5.24 Å². The van der Waals surface area contributed by atoms with Gasteiger partial charge in [-0.3, -0.25) is 4.79 Å². The summed E-state index contributed by atoms with van der Waals surface area (Å²) in [6, 6.07) is 12.0. The van der Waals surface area contributed by atoms with Gasteiger partial charge in [-0.2, -0.15) is 6.92 Å². The topological polar surface area (TPSA) is 17.1 Å². The van der Waals surface area contributed by atoms with Crippen LogP contribution in [0.15, 0.2) is 48.6 Å². The molecule has 0 saturated heterocycles. The Labute approximate surface area is 140 Å². The van der Waals surface area contributed by atoms with Gasteiger partial charge in [-0.1, -0.05) is 42.5 Å². The maximum Gasteiger partial charge on any atom is 1.00 e. The average molecular weight is 251 g/mol. The molecule has 0 aliphatic heterocycles. The van der Waals surface area contributed by atoms with Crippen LogP contribution in [0.3, 0.4) is 0 Å². The van der Waals surface area contributed by atoms with Crippen molar-refractivity contribution in [3.05, 3.63) is 55.5 Å². The van der Waals surface area contributed by atoms with E-state index in [1.807, 2.05) is 36.4 Å². The Morgan fingerprint density at radius 2 is 1.33 bits per heavy atom. The van der Waals surface area contributed by atoms with Crippen molar-refractivity contribution >= 4 is 16.8 Å². The van der Waals surface area contributed by atoms with Crippen LogP contribution in [0.25, 0.3) is 0 Å². The summed E-state index contributed by atoms with van der Waals surface area (Å²) in [6.45, 7) is 6.74. The normalized spacial score (nSPS) is 7.47. The van der Waals surface area contributed by atoms with Crippen LogP contribution in [0.5, 0.6) is 0 Å². The second kappa shape index (κ2) is 20.0. The molecule has 0 amide bonds. The predicted molar refractivity (Wildman–Crippen MR) is 63.1 cm³/mol. The van der Waals surface area contributed by atoms with Crippen LogP contribution in [0, 0.1) is 6.92 Å². The maximum absolute atomic E-state index is 9.72. The van der Waals surface area contributed by atoms with Crippen molar-refractivity contribution in [2.45, 2.75) is 13.8 Å². The Kier molecular flexibility index (Phi) is 27.9. The van der Waals surface area contributed by atoms with Crippen molar-refractivity contribution < 1.29 is 56.2 Å². The smallest absolute Gasteiger partial charge is 0.346 e. The predicted octanol–water partition coefficient (Wildman–Crippen LogP) is 0.859. The third-order valence-electron chi connectivity index (χ3n) is 0.964. The Morgan fingerprint density at radius 1 is 1.07 bits per heavy atom. The Hall–Kier alpha value is 0.556. The van der Waals surface area contributed by atoms with E-state index in [1.165, 1.54) is 6.08 Å². The van der Waals surface area contributed by atoms with Gasteiger partial charge in [-0.05, 0) is 24.6 Å². The van der Waals surface area contributed by atoms with Crippen LogP contribution < -0.4 is 51.4 Å². The molecule has 0 atom stereocenters. The quantitative estimate of drug-likeness (QED) is 0.313. The molecular weight excluding hydrogens is 235 g/mol. The summed E-state index contributed by atoms with van der Waals surface area (Å²) < 4.78 is 0. The summed E-state index contributed by atoms with van der Waals surface area (Å²) in [5, 5.41) is -0.419. The molecule has 3 heteroatoms. The fourth-order valence-electron chi connectivity index (χ4n) is 0.516. The Morgan fingerprint density at radius 3 is 1.40 bits per heavy atom. The molecule has 0 aliphatic rings. The van der Waals surface area contributed by atoms with Gasteiger partial charge < -0.3 is 6.92 Å². The maximum atomic E-state index is 9.72. The summed E-state index contributed by atoms with van der Waals surface area (Å²) in [7, 11) is 0. The Balaban J connectivity index is -0.000000156. The number of carbonyl (C=O) groups excluding carboxylic acids is 1. The average Bonchev–Trinajstić information content (AvgIpc) is 2.24. The van der Waals surface area contributed by atoms with Gasteiger partial charge in [0.2, 0.25) is 5.24 Å². The first-order chi connectivity index (χ1) is 6.77. The van der Waals surface area contributed by atoms with Crippen molar-refractivity contribution in [1.82, 2.24) is 0 Å². The van der Waals surface area contributed by atoms with Crippen molar-refractivity contribution in [2.24, 2.45) is 0 Å². The first-order valence-corrected chi connectivity index (χ1v) is 4.68. The van der Waals surface area contributed by atoms with E-state index in [2.05, 4.69) is 6.92 Å². The molecule has 1 nitrogen and oxygen atoms in total. The van der Waals surface area contributed by atoms with Gasteiger partial charge in [0.15, 0.2) is 0 Å². The number of carbonyl (C=O) groups is 1. The minimum Gasteiger partial charge on any atom is -0.346 e. The monoisotopic (exact) mass is 250 g/mol. The third kappa shape index (κ3) is 25.1. The van der Waals surface area contributed by atoms with Gasteiger partial charge in [0.1, 0.15) is 0 Å². The zero-order valence-corrected chi connectivity index (χ0v) is 13.5. The summed E-state index contributed by atoms with van der Waals surface area (Å²) in [5.74, 6) is 0. The summed E-state index contributed by atoms with van der Waals surface area (Å²) >= 11 is 4.85. The van der Waals surface area contributed by atoms with Crippen molar-refractivity contribution in [3.8, 4) is 0 Å². The number of hydrogen-bond donors (Lipinski definition) is 0. The fraction of sp³-hybridized carbons (Fsp3) is 0.167. The first kappa shape index (κ1) is 20.9. The van der Waals surface area contributed by atoms with Crippen LogP contribution in [0.2, 0.25) is 0 Å². The van der Waals surface area contributed by atoms with Gasteiger partial charge in [-0.15, -0.1) is 0 Å². The molecule has 0 radical (unpaired) electrons. The Bertz CT molecular complexity index is 208. The van der Waals surface area contributed by atoms with Gasteiger partial charge >= 0.3 is 51.4 Å². The number of hydrogen-bond acceptors (Lipinski definition) is 1. The molecule has 78 valence electrons. The second-order valence-electron chi connectivity index (χ2n) is 1.96. The van der Waals surface area contributed by atoms with E-state index >= 15 is 0 Å². The van der Waals surface area contributed by atoms with Crippen LogP contribution in [0.1, 0.15) is 13.8 Å². The number of halogens is 1. The first-order valence-electron chi connectivity index (χ1n) is 4.30. The van der Waals surface area contributed by atoms with E-state index in [9.17, 15) is 4.79 Å². The van der Waals surface area contributed by atoms with Gasteiger partial charge in [-0.25, -0.2) is 0 Å². The van der Waals surface area contributed by atoms with Crippen LogP contribution in [0.4, 0.5) is 0 Å². The van der Waals surface area contributed by atoms with Crippen molar-refractivity contribution in [3.63, 3.8) is 0 Å². The van der Waals surface area contributed by atoms with E-state index in [0.717, 1.165) is 0 Å². The number of benzene rings is 1. The molecular formula is C12H16ClKO. The molecule has 0 heterocycles. The summed E-state index contributed by atoms with van der Waals surface area (Å²) in [6.07, 6.45) is 2.89. The van der Waals surface area contributed by atoms with Crippen molar-refractivity contribution in [1.29, 1.82) is 0 Å². The van der Waals surface area contributed by atoms with Crippen LogP contribution >= 0.6 is 11.6 Å². The zero-order valence-electron chi connectivity index (χ0n) is 9.61. The van der Waals surface area contributed by atoms with E-state index in [0.29, 0.717) is 0 Å². The largest absolute Gasteiger partial charge is 1.00 e. The molecule has 1 aromatic carbocycles. The number of allylic oxidation sites excluding steroid dienone is 2. The van der Waals surface area contributed by atoms with Crippen molar-refractivity contribution in [2.75, 3.05) is 0 Å². The van der Waals surface area contributed by atoms with Crippen LogP contribution in [-0.2, 0) is 4.79 Å². The second-order valence-corrected chi connectivity index (χ2v) is 2.33. The third-order valence-corrected chi connectivity index (χ3v) is 1.09. The molecule has 0 spiro atoms. The SMILES string of the molecule is CC=CC(=O)Cl.[CH2-]C.[K+].c1ccccc1. The molecule has 15 heavy (non-hydrogen) atoms. The van der Waals surface area contributed by atoms with E-state index in [1.54, 1.807) is 19.9 Å². The molecule has 0 aromatic heterocycles. The van der Waals surface area contributed by atoms with Gasteiger partial charge in [0.25, 0.3) is 0 Å².